The molecule has 2 aromatic rings. The first-order chi connectivity index (χ1) is 8.06. The predicted octanol–water partition coefficient (Wildman–Crippen LogP) is 2.72. The molecule has 1 heterocycles. The van der Waals surface area contributed by atoms with Gasteiger partial charge in [-0.25, -0.2) is 4.98 Å². The van der Waals surface area contributed by atoms with Gasteiger partial charge in [0.2, 0.25) is 5.13 Å². The molecule has 0 saturated carbocycles. The smallest absolute Gasteiger partial charge is 0.257 e. The van der Waals surface area contributed by atoms with Gasteiger partial charge in [-0.3, -0.25) is 10.1 Å². The van der Waals surface area contributed by atoms with Crippen LogP contribution in [0.2, 0.25) is 0 Å². The minimum absolute atomic E-state index is 0.149. The molecule has 0 fully saturated rings. The van der Waals surface area contributed by atoms with Crippen LogP contribution < -0.4 is 5.32 Å². The quantitative estimate of drug-likeness (QED) is 0.887. The SMILES string of the molecule is Cc1nsc(NC(=O)c2ccc(C)c(C)c2)n1. The number of anilines is 1. The monoisotopic (exact) mass is 247 g/mol. The van der Waals surface area contributed by atoms with Crippen molar-refractivity contribution >= 4 is 22.6 Å². The first-order valence-electron chi connectivity index (χ1n) is 5.25. The first-order valence-corrected chi connectivity index (χ1v) is 6.02. The fourth-order valence-corrected chi connectivity index (χ4v) is 1.97. The molecule has 0 aliphatic carbocycles. The van der Waals surface area contributed by atoms with Crippen molar-refractivity contribution in [3.63, 3.8) is 0 Å². The molecule has 0 aliphatic heterocycles. The van der Waals surface area contributed by atoms with Crippen molar-refractivity contribution in [3.8, 4) is 0 Å². The Balaban J connectivity index is 2.17. The Bertz CT molecular complexity index is 563. The Morgan fingerprint density at radius 2 is 2.00 bits per heavy atom. The molecule has 88 valence electrons. The van der Waals surface area contributed by atoms with Crippen molar-refractivity contribution in [1.82, 2.24) is 9.36 Å². The molecule has 0 unspecified atom stereocenters. The highest BCUT2D eigenvalue weighted by molar-refractivity contribution is 7.09. The number of nitrogens with zero attached hydrogens (tertiary/aromatic N) is 2. The molecule has 17 heavy (non-hydrogen) atoms. The van der Waals surface area contributed by atoms with E-state index in [-0.39, 0.29) is 5.91 Å². The highest BCUT2D eigenvalue weighted by atomic mass is 32.1. The van der Waals surface area contributed by atoms with Gasteiger partial charge in [-0.2, -0.15) is 4.37 Å². The third kappa shape index (κ3) is 2.68. The lowest BCUT2D eigenvalue weighted by Crippen LogP contribution is -2.12. The zero-order valence-corrected chi connectivity index (χ0v) is 10.8. The molecule has 5 heteroatoms. The summed E-state index contributed by atoms with van der Waals surface area (Å²) < 4.78 is 4.01. The summed E-state index contributed by atoms with van der Waals surface area (Å²) in [7, 11) is 0. The summed E-state index contributed by atoms with van der Waals surface area (Å²) >= 11 is 1.19. The first kappa shape index (κ1) is 11.7. The molecule has 1 aromatic carbocycles. The maximum Gasteiger partial charge on any atom is 0.257 e. The van der Waals surface area contributed by atoms with E-state index < -0.39 is 0 Å². The van der Waals surface area contributed by atoms with Crippen LogP contribution in [0.25, 0.3) is 0 Å². The van der Waals surface area contributed by atoms with Gasteiger partial charge in [0.25, 0.3) is 5.91 Å². The number of benzene rings is 1. The zero-order chi connectivity index (χ0) is 12.4. The molecule has 0 saturated heterocycles. The second kappa shape index (κ2) is 4.63. The number of carbonyl (C=O) groups is 1. The molecular formula is C12H13N3OS. The summed E-state index contributed by atoms with van der Waals surface area (Å²) in [5, 5.41) is 3.26. The van der Waals surface area contributed by atoms with E-state index in [1.54, 1.807) is 6.92 Å². The number of aryl methyl sites for hydroxylation is 3. The second-order valence-corrected chi connectivity index (χ2v) is 4.65. The maximum absolute atomic E-state index is 11.9. The summed E-state index contributed by atoms with van der Waals surface area (Å²) in [6, 6.07) is 5.62. The van der Waals surface area contributed by atoms with Crippen molar-refractivity contribution in [1.29, 1.82) is 0 Å². The van der Waals surface area contributed by atoms with Crippen LogP contribution in [-0.2, 0) is 0 Å². The van der Waals surface area contributed by atoms with E-state index in [1.165, 1.54) is 17.1 Å². The number of amides is 1. The Morgan fingerprint density at radius 1 is 1.24 bits per heavy atom. The lowest BCUT2D eigenvalue weighted by atomic mass is 10.1. The molecule has 4 nitrogen and oxygen atoms in total. The van der Waals surface area contributed by atoms with Crippen molar-refractivity contribution < 1.29 is 4.79 Å². The maximum atomic E-state index is 11.9. The Hall–Kier alpha value is -1.75. The van der Waals surface area contributed by atoms with Crippen molar-refractivity contribution in [2.75, 3.05) is 5.32 Å². The van der Waals surface area contributed by atoms with Crippen LogP contribution in [0.5, 0.6) is 0 Å². The van der Waals surface area contributed by atoms with Gasteiger partial charge >= 0.3 is 0 Å². The second-order valence-electron chi connectivity index (χ2n) is 3.90. The fraction of sp³-hybridized carbons (Fsp3) is 0.250. The number of carbonyl (C=O) groups excluding carboxylic acids is 1. The van der Waals surface area contributed by atoms with Crippen LogP contribution in [-0.4, -0.2) is 15.3 Å². The van der Waals surface area contributed by atoms with Crippen LogP contribution in [0.3, 0.4) is 0 Å². The molecule has 1 amide bonds. The van der Waals surface area contributed by atoms with E-state index in [0.29, 0.717) is 16.5 Å². The standard InChI is InChI=1S/C12H13N3OS/c1-7-4-5-10(6-8(7)2)11(16)14-12-13-9(3)15-17-12/h4-6H,1-3H3,(H,13,14,15,16). The van der Waals surface area contributed by atoms with E-state index in [2.05, 4.69) is 14.7 Å². The molecule has 0 bridgehead atoms. The summed E-state index contributed by atoms with van der Waals surface area (Å²) in [5.41, 5.74) is 2.92. The van der Waals surface area contributed by atoms with Gasteiger partial charge in [-0.1, -0.05) is 6.07 Å². The van der Waals surface area contributed by atoms with Crippen molar-refractivity contribution in [2.24, 2.45) is 0 Å². The molecule has 0 atom stereocenters. The third-order valence-corrected chi connectivity index (χ3v) is 3.24. The van der Waals surface area contributed by atoms with Crippen LogP contribution in [0.1, 0.15) is 27.3 Å². The van der Waals surface area contributed by atoms with Crippen LogP contribution >= 0.6 is 11.5 Å². The highest BCUT2D eigenvalue weighted by Gasteiger charge is 2.09. The van der Waals surface area contributed by atoms with E-state index >= 15 is 0 Å². The highest BCUT2D eigenvalue weighted by Crippen LogP contribution is 2.14. The normalized spacial score (nSPS) is 10.3. The van der Waals surface area contributed by atoms with E-state index in [4.69, 9.17) is 0 Å². The van der Waals surface area contributed by atoms with Gasteiger partial charge in [-0.15, -0.1) is 0 Å². The average molecular weight is 247 g/mol. The molecule has 0 radical (unpaired) electrons. The van der Waals surface area contributed by atoms with Crippen molar-refractivity contribution in [2.45, 2.75) is 20.8 Å². The number of rotatable bonds is 2. The van der Waals surface area contributed by atoms with Gasteiger partial charge in [0.05, 0.1) is 0 Å². The summed E-state index contributed by atoms with van der Waals surface area (Å²) in [6.07, 6.45) is 0. The third-order valence-electron chi connectivity index (χ3n) is 2.52. The Morgan fingerprint density at radius 3 is 2.59 bits per heavy atom. The fourth-order valence-electron chi connectivity index (χ4n) is 1.40. The van der Waals surface area contributed by atoms with Gasteiger partial charge in [0, 0.05) is 17.1 Å². The summed E-state index contributed by atoms with van der Waals surface area (Å²) in [4.78, 5) is 16.0. The van der Waals surface area contributed by atoms with Crippen molar-refractivity contribution in [3.05, 3.63) is 40.7 Å². The zero-order valence-electron chi connectivity index (χ0n) is 9.94. The minimum atomic E-state index is -0.149. The van der Waals surface area contributed by atoms with Gasteiger partial charge in [-0.05, 0) is 44.0 Å². The lowest BCUT2D eigenvalue weighted by Gasteiger charge is -2.04. The molecule has 0 aliphatic rings. The molecule has 2 rings (SSSR count). The van der Waals surface area contributed by atoms with Gasteiger partial charge in [0.1, 0.15) is 5.82 Å². The van der Waals surface area contributed by atoms with E-state index in [0.717, 1.165) is 5.56 Å². The molecule has 0 spiro atoms. The largest absolute Gasteiger partial charge is 0.297 e. The number of hydrogen-bond acceptors (Lipinski definition) is 4. The molecule has 1 N–H and O–H groups in total. The van der Waals surface area contributed by atoms with Crippen LogP contribution in [0.15, 0.2) is 18.2 Å². The lowest BCUT2D eigenvalue weighted by molar-refractivity contribution is 0.102. The Labute approximate surface area is 104 Å². The van der Waals surface area contributed by atoms with E-state index in [1.807, 2.05) is 32.0 Å². The number of nitrogens with one attached hydrogen (secondary N) is 1. The van der Waals surface area contributed by atoms with E-state index in [9.17, 15) is 4.79 Å². The van der Waals surface area contributed by atoms with Crippen LogP contribution in [0.4, 0.5) is 5.13 Å². The minimum Gasteiger partial charge on any atom is -0.297 e. The summed E-state index contributed by atoms with van der Waals surface area (Å²) in [6.45, 7) is 5.80. The average Bonchev–Trinajstić information content (AvgIpc) is 2.68. The predicted molar refractivity (Wildman–Crippen MR) is 68.5 cm³/mol. The topological polar surface area (TPSA) is 54.9 Å². The number of hydrogen-bond donors (Lipinski definition) is 1. The number of aromatic nitrogens is 2. The van der Waals surface area contributed by atoms with Crippen LogP contribution in [0, 0.1) is 20.8 Å². The molecule has 1 aromatic heterocycles. The van der Waals surface area contributed by atoms with Gasteiger partial charge in [0.15, 0.2) is 0 Å². The van der Waals surface area contributed by atoms with Gasteiger partial charge < -0.3 is 0 Å². The Kier molecular flexibility index (Phi) is 3.19. The summed E-state index contributed by atoms with van der Waals surface area (Å²) in [5.74, 6) is 0.523. The molecular weight excluding hydrogens is 234 g/mol.